The minimum absolute atomic E-state index is 0.0117. The first-order chi connectivity index (χ1) is 7.79. The van der Waals surface area contributed by atoms with E-state index in [1.54, 1.807) is 24.3 Å². The molecule has 0 fully saturated rings. The summed E-state index contributed by atoms with van der Waals surface area (Å²) in [5.41, 5.74) is 5.89. The first-order valence-corrected chi connectivity index (χ1v) is 5.05. The van der Waals surface area contributed by atoms with Crippen molar-refractivity contribution in [3.05, 3.63) is 35.9 Å². The van der Waals surface area contributed by atoms with Crippen LogP contribution in [0.4, 0.5) is 0 Å². The number of nitrogens with one attached hydrogen (secondary N) is 1. The second-order valence-electron chi connectivity index (χ2n) is 3.21. The zero-order chi connectivity index (χ0) is 11.8. The lowest BCUT2D eigenvalue weighted by Gasteiger charge is -2.05. The molecule has 16 heavy (non-hydrogen) atoms. The van der Waals surface area contributed by atoms with E-state index in [4.69, 9.17) is 10.9 Å². The maximum atomic E-state index is 11.6. The third-order valence-electron chi connectivity index (χ3n) is 2.03. The quantitative estimate of drug-likeness (QED) is 0.290. The fourth-order valence-electron chi connectivity index (χ4n) is 1.22. The van der Waals surface area contributed by atoms with Crippen LogP contribution < -0.4 is 11.1 Å². The Hall–Kier alpha value is -1.88. The summed E-state index contributed by atoms with van der Waals surface area (Å²) in [5, 5.41) is 14.4. The predicted molar refractivity (Wildman–Crippen MR) is 61.4 cm³/mol. The van der Waals surface area contributed by atoms with E-state index in [9.17, 15) is 4.79 Å². The van der Waals surface area contributed by atoms with E-state index in [0.717, 1.165) is 0 Å². The topological polar surface area (TPSA) is 87.7 Å². The van der Waals surface area contributed by atoms with Crippen molar-refractivity contribution in [2.24, 2.45) is 10.9 Å². The smallest absolute Gasteiger partial charge is 0.273 e. The normalized spacial score (nSPS) is 11.2. The molecule has 1 aromatic rings. The number of carbonyl (C=O) groups is 1. The summed E-state index contributed by atoms with van der Waals surface area (Å²) >= 11 is 0. The maximum Gasteiger partial charge on any atom is 0.273 e. The Kier molecular flexibility index (Phi) is 5.01. The molecule has 0 saturated heterocycles. The first kappa shape index (κ1) is 12.2. The van der Waals surface area contributed by atoms with Crippen molar-refractivity contribution in [2.75, 3.05) is 13.1 Å². The molecule has 0 atom stereocenters. The molecule has 0 aromatic heterocycles. The van der Waals surface area contributed by atoms with E-state index in [2.05, 4.69) is 10.5 Å². The van der Waals surface area contributed by atoms with Gasteiger partial charge in [0.1, 0.15) is 0 Å². The molecule has 0 unspecified atom stereocenters. The molecule has 0 radical (unpaired) electrons. The number of oxime groups is 1. The molecular weight excluding hydrogens is 206 g/mol. The highest BCUT2D eigenvalue weighted by Gasteiger charge is 2.13. The van der Waals surface area contributed by atoms with Gasteiger partial charge in [0.15, 0.2) is 5.71 Å². The van der Waals surface area contributed by atoms with Gasteiger partial charge in [-0.05, 0) is 13.0 Å². The molecule has 0 bridgehead atoms. The van der Waals surface area contributed by atoms with Crippen molar-refractivity contribution < 1.29 is 10.0 Å². The molecule has 0 aliphatic rings. The Balaban J connectivity index is 2.66. The van der Waals surface area contributed by atoms with Gasteiger partial charge in [-0.2, -0.15) is 0 Å². The number of carbonyl (C=O) groups excluding carboxylic acids is 1. The monoisotopic (exact) mass is 221 g/mol. The second kappa shape index (κ2) is 6.58. The summed E-state index contributed by atoms with van der Waals surface area (Å²) in [4.78, 5) is 11.6. The number of hydrogen-bond donors (Lipinski definition) is 3. The van der Waals surface area contributed by atoms with Crippen LogP contribution in [-0.2, 0) is 4.79 Å². The molecule has 0 heterocycles. The number of benzene rings is 1. The molecule has 1 amide bonds. The summed E-state index contributed by atoms with van der Waals surface area (Å²) in [7, 11) is 0. The molecule has 86 valence electrons. The molecule has 0 aliphatic heterocycles. The fourth-order valence-corrected chi connectivity index (χ4v) is 1.22. The largest absolute Gasteiger partial charge is 0.410 e. The van der Waals surface area contributed by atoms with E-state index in [0.29, 0.717) is 25.1 Å². The third-order valence-corrected chi connectivity index (χ3v) is 2.03. The zero-order valence-corrected chi connectivity index (χ0v) is 8.89. The third kappa shape index (κ3) is 3.36. The first-order valence-electron chi connectivity index (χ1n) is 5.05. The van der Waals surface area contributed by atoms with Crippen molar-refractivity contribution in [1.29, 1.82) is 0 Å². The van der Waals surface area contributed by atoms with Crippen LogP contribution >= 0.6 is 0 Å². The molecule has 5 nitrogen and oxygen atoms in total. The lowest BCUT2D eigenvalue weighted by molar-refractivity contribution is -0.114. The van der Waals surface area contributed by atoms with Crippen LogP contribution in [0.5, 0.6) is 0 Å². The zero-order valence-electron chi connectivity index (χ0n) is 8.89. The standard InChI is InChI=1S/C11H15N3O2/c12-7-4-8-13-11(15)10(14-16)9-5-2-1-3-6-9/h1-3,5-6,16H,4,7-8,12H2,(H,13,15)/b14-10+. The average molecular weight is 221 g/mol. The van der Waals surface area contributed by atoms with E-state index in [1.807, 2.05) is 6.07 Å². The van der Waals surface area contributed by atoms with Gasteiger partial charge >= 0.3 is 0 Å². The van der Waals surface area contributed by atoms with Gasteiger partial charge in [0, 0.05) is 12.1 Å². The van der Waals surface area contributed by atoms with Crippen LogP contribution in [-0.4, -0.2) is 29.9 Å². The second-order valence-corrected chi connectivity index (χ2v) is 3.21. The Morgan fingerprint density at radius 1 is 1.38 bits per heavy atom. The summed E-state index contributed by atoms with van der Waals surface area (Å²) in [6, 6.07) is 8.78. The molecule has 1 aromatic carbocycles. The van der Waals surface area contributed by atoms with Crippen molar-refractivity contribution in [1.82, 2.24) is 5.32 Å². The van der Waals surface area contributed by atoms with E-state index in [1.165, 1.54) is 0 Å². The Bertz CT molecular complexity index is 363. The lowest BCUT2D eigenvalue weighted by Crippen LogP contribution is -2.33. The summed E-state index contributed by atoms with van der Waals surface area (Å²) < 4.78 is 0. The number of hydrogen-bond acceptors (Lipinski definition) is 4. The number of nitrogens with zero attached hydrogens (tertiary/aromatic N) is 1. The minimum Gasteiger partial charge on any atom is -0.410 e. The summed E-state index contributed by atoms with van der Waals surface area (Å²) in [5.74, 6) is -0.401. The highest BCUT2D eigenvalue weighted by Crippen LogP contribution is 2.01. The van der Waals surface area contributed by atoms with Crippen LogP contribution in [0.15, 0.2) is 35.5 Å². The summed E-state index contributed by atoms with van der Waals surface area (Å²) in [6.07, 6.45) is 0.694. The minimum atomic E-state index is -0.401. The molecule has 0 saturated carbocycles. The molecule has 0 spiro atoms. The van der Waals surface area contributed by atoms with E-state index < -0.39 is 5.91 Å². The van der Waals surface area contributed by atoms with E-state index in [-0.39, 0.29) is 5.71 Å². The number of rotatable bonds is 5. The van der Waals surface area contributed by atoms with Gasteiger partial charge in [-0.1, -0.05) is 35.5 Å². The van der Waals surface area contributed by atoms with Crippen LogP contribution in [0, 0.1) is 0 Å². The Morgan fingerprint density at radius 3 is 2.62 bits per heavy atom. The van der Waals surface area contributed by atoms with Gasteiger partial charge in [0.05, 0.1) is 0 Å². The highest BCUT2D eigenvalue weighted by molar-refractivity contribution is 6.45. The molecule has 1 rings (SSSR count). The molecule has 0 aliphatic carbocycles. The SMILES string of the molecule is NCCCNC(=O)/C(=N/O)c1ccccc1. The van der Waals surface area contributed by atoms with Gasteiger partial charge in [-0.15, -0.1) is 0 Å². The lowest BCUT2D eigenvalue weighted by atomic mass is 10.1. The molecule has 5 heteroatoms. The van der Waals surface area contributed by atoms with Crippen molar-refractivity contribution in [3.8, 4) is 0 Å². The Labute approximate surface area is 94.0 Å². The van der Waals surface area contributed by atoms with Crippen LogP contribution in [0.1, 0.15) is 12.0 Å². The molecule has 4 N–H and O–H groups in total. The number of nitrogens with two attached hydrogens (primary N) is 1. The van der Waals surface area contributed by atoms with Crippen LogP contribution in [0.2, 0.25) is 0 Å². The van der Waals surface area contributed by atoms with Gasteiger partial charge < -0.3 is 16.3 Å². The van der Waals surface area contributed by atoms with Gasteiger partial charge in [-0.3, -0.25) is 4.79 Å². The van der Waals surface area contributed by atoms with Gasteiger partial charge in [-0.25, -0.2) is 0 Å². The highest BCUT2D eigenvalue weighted by atomic mass is 16.4. The van der Waals surface area contributed by atoms with Gasteiger partial charge in [0.2, 0.25) is 0 Å². The van der Waals surface area contributed by atoms with Crippen LogP contribution in [0.3, 0.4) is 0 Å². The van der Waals surface area contributed by atoms with Crippen molar-refractivity contribution >= 4 is 11.6 Å². The van der Waals surface area contributed by atoms with Gasteiger partial charge in [0.25, 0.3) is 5.91 Å². The van der Waals surface area contributed by atoms with E-state index >= 15 is 0 Å². The average Bonchev–Trinajstić information content (AvgIpc) is 2.32. The number of amides is 1. The molecular formula is C11H15N3O2. The Morgan fingerprint density at radius 2 is 2.06 bits per heavy atom. The fraction of sp³-hybridized carbons (Fsp3) is 0.273. The van der Waals surface area contributed by atoms with Crippen LogP contribution in [0.25, 0.3) is 0 Å². The van der Waals surface area contributed by atoms with Crippen molar-refractivity contribution in [2.45, 2.75) is 6.42 Å². The summed E-state index contributed by atoms with van der Waals surface area (Å²) in [6.45, 7) is 0.985. The predicted octanol–water partition coefficient (Wildman–Crippen LogP) is 0.330. The maximum absolute atomic E-state index is 11.6. The van der Waals surface area contributed by atoms with Crippen molar-refractivity contribution in [3.63, 3.8) is 0 Å².